The molecule has 2 aromatic carbocycles. The van der Waals surface area contributed by atoms with E-state index in [4.69, 9.17) is 4.98 Å². The van der Waals surface area contributed by atoms with Crippen molar-refractivity contribution in [1.29, 1.82) is 0 Å². The summed E-state index contributed by atoms with van der Waals surface area (Å²) in [4.78, 5) is 20.4. The average Bonchev–Trinajstić information content (AvgIpc) is 3.55. The Morgan fingerprint density at radius 1 is 1.08 bits per heavy atom. The van der Waals surface area contributed by atoms with E-state index in [-0.39, 0.29) is 10.8 Å². The summed E-state index contributed by atoms with van der Waals surface area (Å²) in [7, 11) is -3.62. The third kappa shape index (κ3) is 5.92. The van der Waals surface area contributed by atoms with E-state index in [0.29, 0.717) is 36.9 Å². The fourth-order valence-electron chi connectivity index (χ4n) is 4.25. The molecule has 0 radical (unpaired) electrons. The van der Waals surface area contributed by atoms with Crippen LogP contribution < -0.4 is 4.90 Å². The number of hydrogen-bond donors (Lipinski definition) is 0. The van der Waals surface area contributed by atoms with Gasteiger partial charge in [0.1, 0.15) is 0 Å². The number of nitrogens with zero attached hydrogens (tertiary/aromatic N) is 5. The number of amides is 1. The van der Waals surface area contributed by atoms with Gasteiger partial charge in [0, 0.05) is 37.6 Å². The molecule has 2 aromatic heterocycles. The molecule has 0 aliphatic heterocycles. The van der Waals surface area contributed by atoms with E-state index in [9.17, 15) is 13.2 Å². The SMILES string of the molecule is CCCCN(CC)S(=O)(=O)c1ccc(C(=O)N(CCn2cccn2)c2nc3c(C)cc(C)cc3s2)cc1. The van der Waals surface area contributed by atoms with Gasteiger partial charge < -0.3 is 0 Å². The Morgan fingerprint density at radius 3 is 2.49 bits per heavy atom. The Balaban J connectivity index is 1.65. The maximum Gasteiger partial charge on any atom is 0.260 e. The quantitative estimate of drug-likeness (QED) is 0.259. The van der Waals surface area contributed by atoms with Gasteiger partial charge in [0.2, 0.25) is 10.0 Å². The van der Waals surface area contributed by atoms with Crippen LogP contribution in [0.25, 0.3) is 10.2 Å². The number of aryl methyl sites for hydroxylation is 2. The van der Waals surface area contributed by atoms with Gasteiger partial charge in [-0.15, -0.1) is 0 Å². The molecule has 196 valence electrons. The normalized spacial score (nSPS) is 11.9. The summed E-state index contributed by atoms with van der Waals surface area (Å²) in [5, 5.41) is 4.86. The van der Waals surface area contributed by atoms with E-state index in [1.807, 2.05) is 40.0 Å². The van der Waals surface area contributed by atoms with Crippen molar-refractivity contribution in [1.82, 2.24) is 19.1 Å². The molecular formula is C27H33N5O3S2. The largest absolute Gasteiger partial charge is 0.282 e. The van der Waals surface area contributed by atoms with Crippen LogP contribution in [-0.4, -0.2) is 53.0 Å². The van der Waals surface area contributed by atoms with Gasteiger partial charge in [-0.2, -0.15) is 9.40 Å². The first kappa shape index (κ1) is 27.0. The molecule has 8 nitrogen and oxygen atoms in total. The fraction of sp³-hybridized carbons (Fsp3) is 0.370. The molecule has 0 unspecified atom stereocenters. The lowest BCUT2D eigenvalue weighted by atomic mass is 10.1. The van der Waals surface area contributed by atoms with Crippen LogP contribution in [0.2, 0.25) is 0 Å². The van der Waals surface area contributed by atoms with Crippen molar-refractivity contribution >= 4 is 42.6 Å². The van der Waals surface area contributed by atoms with Crippen molar-refractivity contribution in [2.75, 3.05) is 24.5 Å². The third-order valence-electron chi connectivity index (χ3n) is 6.26. The molecule has 0 N–H and O–H groups in total. The van der Waals surface area contributed by atoms with Crippen molar-refractivity contribution in [2.24, 2.45) is 0 Å². The van der Waals surface area contributed by atoms with Gasteiger partial charge in [0.15, 0.2) is 5.13 Å². The number of sulfonamides is 1. The van der Waals surface area contributed by atoms with E-state index >= 15 is 0 Å². The summed E-state index contributed by atoms with van der Waals surface area (Å²) in [5.41, 5.74) is 3.50. The molecule has 4 aromatic rings. The number of carbonyl (C=O) groups is 1. The Hall–Kier alpha value is -3.08. The number of anilines is 1. The highest BCUT2D eigenvalue weighted by atomic mass is 32.2. The number of fused-ring (bicyclic) bond motifs is 1. The lowest BCUT2D eigenvalue weighted by Crippen LogP contribution is -2.34. The molecule has 37 heavy (non-hydrogen) atoms. The zero-order valence-electron chi connectivity index (χ0n) is 21.7. The predicted molar refractivity (Wildman–Crippen MR) is 149 cm³/mol. The second-order valence-corrected chi connectivity index (χ2v) is 12.0. The Morgan fingerprint density at radius 2 is 1.84 bits per heavy atom. The molecular weight excluding hydrogens is 506 g/mol. The second kappa shape index (κ2) is 11.5. The van der Waals surface area contributed by atoms with Crippen molar-refractivity contribution < 1.29 is 13.2 Å². The highest BCUT2D eigenvalue weighted by Gasteiger charge is 2.25. The Kier molecular flexibility index (Phi) is 8.41. The lowest BCUT2D eigenvalue weighted by molar-refractivity contribution is 0.0985. The summed E-state index contributed by atoms with van der Waals surface area (Å²) in [6.07, 6.45) is 5.27. The second-order valence-electron chi connectivity index (χ2n) is 9.03. The molecule has 0 aliphatic rings. The molecule has 10 heteroatoms. The molecule has 0 atom stereocenters. The van der Waals surface area contributed by atoms with Gasteiger partial charge in [-0.25, -0.2) is 13.4 Å². The Bertz CT molecular complexity index is 1460. The molecule has 0 aliphatic carbocycles. The number of hydrogen-bond acceptors (Lipinski definition) is 6. The number of carbonyl (C=O) groups excluding carboxylic acids is 1. The number of unbranched alkanes of at least 4 members (excludes halogenated alkanes) is 1. The summed E-state index contributed by atoms with van der Waals surface area (Å²) in [6.45, 7) is 9.70. The number of rotatable bonds is 11. The Labute approximate surface area is 222 Å². The monoisotopic (exact) mass is 539 g/mol. The summed E-state index contributed by atoms with van der Waals surface area (Å²) in [6, 6.07) is 12.2. The van der Waals surface area contributed by atoms with Crippen LogP contribution in [0.4, 0.5) is 5.13 Å². The summed E-state index contributed by atoms with van der Waals surface area (Å²) >= 11 is 1.48. The summed E-state index contributed by atoms with van der Waals surface area (Å²) in [5.74, 6) is -0.233. The van der Waals surface area contributed by atoms with Crippen molar-refractivity contribution in [3.8, 4) is 0 Å². The van der Waals surface area contributed by atoms with E-state index < -0.39 is 10.0 Å². The van der Waals surface area contributed by atoms with E-state index in [1.165, 1.54) is 27.8 Å². The van der Waals surface area contributed by atoms with Crippen LogP contribution in [-0.2, 0) is 16.6 Å². The molecule has 0 fully saturated rings. The maximum atomic E-state index is 13.7. The van der Waals surface area contributed by atoms with Crippen LogP contribution in [0.3, 0.4) is 0 Å². The molecule has 2 heterocycles. The van der Waals surface area contributed by atoms with Gasteiger partial charge >= 0.3 is 0 Å². The standard InChI is InChI=1S/C27H33N5O3S2/c1-5-7-15-31(6-2)37(34,35)23-11-9-22(10-12-23)26(33)32(17-16-30-14-8-13-28-30)27-29-25-21(4)18-20(3)19-24(25)36-27/h8-14,18-19H,5-7,15-17H2,1-4H3. The zero-order chi connectivity index (χ0) is 26.6. The molecule has 4 rings (SSSR count). The van der Waals surface area contributed by atoms with Gasteiger partial charge in [-0.1, -0.05) is 37.7 Å². The highest BCUT2D eigenvalue weighted by Crippen LogP contribution is 2.32. The van der Waals surface area contributed by atoms with E-state index in [0.717, 1.165) is 34.2 Å². The van der Waals surface area contributed by atoms with Crippen molar-refractivity contribution in [2.45, 2.75) is 52.0 Å². The van der Waals surface area contributed by atoms with Crippen molar-refractivity contribution in [3.63, 3.8) is 0 Å². The minimum atomic E-state index is -3.62. The van der Waals surface area contributed by atoms with E-state index in [1.54, 1.807) is 27.9 Å². The first-order valence-electron chi connectivity index (χ1n) is 12.5. The molecule has 0 bridgehead atoms. The minimum absolute atomic E-state index is 0.191. The third-order valence-corrected chi connectivity index (χ3v) is 9.27. The highest BCUT2D eigenvalue weighted by molar-refractivity contribution is 7.89. The van der Waals surface area contributed by atoms with Crippen LogP contribution in [0.15, 0.2) is 59.8 Å². The van der Waals surface area contributed by atoms with Crippen molar-refractivity contribution in [3.05, 3.63) is 71.5 Å². The first-order chi connectivity index (χ1) is 17.7. The van der Waals surface area contributed by atoms with Crippen LogP contribution in [0.5, 0.6) is 0 Å². The molecule has 0 spiro atoms. The van der Waals surface area contributed by atoms with E-state index in [2.05, 4.69) is 17.2 Å². The minimum Gasteiger partial charge on any atom is -0.282 e. The number of aromatic nitrogens is 3. The average molecular weight is 540 g/mol. The van der Waals surface area contributed by atoms with Gasteiger partial charge in [-0.3, -0.25) is 14.4 Å². The van der Waals surface area contributed by atoms with Gasteiger partial charge in [0.05, 0.1) is 21.7 Å². The molecule has 0 saturated heterocycles. The van der Waals surface area contributed by atoms with Gasteiger partial charge in [-0.05, 0) is 67.8 Å². The maximum absolute atomic E-state index is 13.7. The lowest BCUT2D eigenvalue weighted by Gasteiger charge is -2.21. The zero-order valence-corrected chi connectivity index (χ0v) is 23.3. The molecule has 0 saturated carbocycles. The van der Waals surface area contributed by atoms with Gasteiger partial charge in [0.25, 0.3) is 5.91 Å². The van der Waals surface area contributed by atoms with Crippen LogP contribution in [0, 0.1) is 13.8 Å². The topological polar surface area (TPSA) is 88.4 Å². The van der Waals surface area contributed by atoms with Crippen LogP contribution in [0.1, 0.15) is 48.2 Å². The predicted octanol–water partition coefficient (Wildman–Crippen LogP) is 5.27. The van der Waals surface area contributed by atoms with Crippen LogP contribution >= 0.6 is 11.3 Å². The first-order valence-corrected chi connectivity index (χ1v) is 14.8. The number of thiazole rings is 1. The summed E-state index contributed by atoms with van der Waals surface area (Å²) < 4.78 is 30.5. The fourth-order valence-corrected chi connectivity index (χ4v) is 6.90. The smallest absolute Gasteiger partial charge is 0.260 e. The molecule has 1 amide bonds. The number of benzene rings is 2.